The maximum atomic E-state index is 10.1. The van der Waals surface area contributed by atoms with E-state index >= 15 is 0 Å². The first kappa shape index (κ1) is 16.7. The number of rotatable bonds is 7. The highest BCUT2D eigenvalue weighted by Gasteiger charge is 2.10. The summed E-state index contributed by atoms with van der Waals surface area (Å²) in [6, 6.07) is 9.90. The molecule has 0 aliphatic heterocycles. The number of nitrogens with one attached hydrogen (secondary N) is 1. The molecule has 3 rings (SSSR count). The Morgan fingerprint density at radius 3 is 2.96 bits per heavy atom. The molecule has 0 radical (unpaired) electrons. The van der Waals surface area contributed by atoms with E-state index in [-0.39, 0.29) is 6.61 Å². The maximum Gasteiger partial charge on any atom is 0.138 e. The van der Waals surface area contributed by atoms with Crippen molar-refractivity contribution in [3.63, 3.8) is 0 Å². The zero-order valence-electron chi connectivity index (χ0n) is 13.8. The fraction of sp³-hybridized carbons (Fsp3) is 0.333. The Labute approximate surface area is 145 Å². The van der Waals surface area contributed by atoms with Crippen molar-refractivity contribution >= 4 is 27.4 Å². The fourth-order valence-corrected chi connectivity index (χ4v) is 3.33. The topological polar surface area (TPSA) is 67.3 Å². The van der Waals surface area contributed by atoms with E-state index in [0.717, 1.165) is 33.8 Å². The van der Waals surface area contributed by atoms with Crippen molar-refractivity contribution in [2.45, 2.75) is 26.4 Å². The molecule has 1 aromatic carbocycles. The Hall–Kier alpha value is -2.18. The van der Waals surface area contributed by atoms with Crippen LogP contribution in [0.1, 0.15) is 17.4 Å². The molecule has 2 aromatic heterocycles. The number of aliphatic hydroxyl groups excluding tert-OH is 1. The summed E-state index contributed by atoms with van der Waals surface area (Å²) in [5.74, 6) is 1.52. The molecule has 126 valence electrons. The van der Waals surface area contributed by atoms with Gasteiger partial charge < -0.3 is 15.2 Å². The number of ether oxygens (including phenoxy) is 1. The Balaban J connectivity index is 1.58. The molecule has 1 atom stereocenters. The second-order valence-corrected chi connectivity index (χ2v) is 6.78. The van der Waals surface area contributed by atoms with Crippen molar-refractivity contribution in [2.75, 3.05) is 18.5 Å². The summed E-state index contributed by atoms with van der Waals surface area (Å²) in [5, 5.41) is 14.3. The smallest absolute Gasteiger partial charge is 0.138 e. The van der Waals surface area contributed by atoms with Crippen molar-refractivity contribution in [3.05, 3.63) is 47.1 Å². The molecule has 24 heavy (non-hydrogen) atoms. The molecule has 2 heterocycles. The number of aliphatic hydroxyl groups is 1. The van der Waals surface area contributed by atoms with Crippen LogP contribution in [0.4, 0.5) is 5.82 Å². The minimum atomic E-state index is -0.625. The molecule has 6 heteroatoms. The largest absolute Gasteiger partial charge is 0.491 e. The van der Waals surface area contributed by atoms with Crippen LogP contribution in [-0.4, -0.2) is 34.3 Å². The zero-order valence-corrected chi connectivity index (χ0v) is 14.6. The Bertz CT molecular complexity index is 819. The van der Waals surface area contributed by atoms with Gasteiger partial charge in [0, 0.05) is 11.4 Å². The van der Waals surface area contributed by atoms with Crippen LogP contribution in [0.2, 0.25) is 0 Å². The highest BCUT2D eigenvalue weighted by atomic mass is 32.1. The SMILES string of the molecule is CCc1cc2c(NCC(O)COc3cccc(C)c3)ncnc2s1. The number of nitrogens with zero attached hydrogens (tertiary/aromatic N) is 2. The third kappa shape index (κ3) is 4.01. The Morgan fingerprint density at radius 1 is 1.29 bits per heavy atom. The summed E-state index contributed by atoms with van der Waals surface area (Å²) >= 11 is 1.68. The average Bonchev–Trinajstić information content (AvgIpc) is 3.02. The third-order valence-electron chi connectivity index (χ3n) is 3.67. The van der Waals surface area contributed by atoms with Gasteiger partial charge >= 0.3 is 0 Å². The first-order valence-corrected chi connectivity index (χ1v) is 8.82. The lowest BCUT2D eigenvalue weighted by molar-refractivity contribution is 0.117. The van der Waals surface area contributed by atoms with Crippen molar-refractivity contribution in [1.82, 2.24) is 9.97 Å². The van der Waals surface area contributed by atoms with Crippen LogP contribution in [0, 0.1) is 6.92 Å². The summed E-state index contributed by atoms with van der Waals surface area (Å²) in [4.78, 5) is 10.8. The highest BCUT2D eigenvalue weighted by Crippen LogP contribution is 2.28. The molecule has 1 unspecified atom stereocenters. The highest BCUT2D eigenvalue weighted by molar-refractivity contribution is 7.18. The summed E-state index contributed by atoms with van der Waals surface area (Å²) in [6.07, 6.45) is 1.91. The summed E-state index contributed by atoms with van der Waals surface area (Å²) in [7, 11) is 0. The third-order valence-corrected chi connectivity index (χ3v) is 4.85. The molecule has 0 aliphatic carbocycles. The van der Waals surface area contributed by atoms with Crippen LogP contribution in [-0.2, 0) is 6.42 Å². The van der Waals surface area contributed by atoms with E-state index in [1.165, 1.54) is 4.88 Å². The van der Waals surface area contributed by atoms with Crippen molar-refractivity contribution < 1.29 is 9.84 Å². The zero-order chi connectivity index (χ0) is 16.9. The molecule has 0 aliphatic rings. The molecular formula is C18H21N3O2S. The fourth-order valence-electron chi connectivity index (χ4n) is 2.39. The van der Waals surface area contributed by atoms with Gasteiger partial charge in [-0.3, -0.25) is 0 Å². The van der Waals surface area contributed by atoms with Gasteiger partial charge in [-0.2, -0.15) is 0 Å². The maximum absolute atomic E-state index is 10.1. The van der Waals surface area contributed by atoms with Crippen LogP contribution in [0.3, 0.4) is 0 Å². The predicted octanol–water partition coefficient (Wildman–Crippen LogP) is 3.41. The lowest BCUT2D eigenvalue weighted by Crippen LogP contribution is -2.26. The van der Waals surface area contributed by atoms with E-state index in [9.17, 15) is 5.11 Å². The molecule has 0 saturated heterocycles. The van der Waals surface area contributed by atoms with E-state index < -0.39 is 6.10 Å². The van der Waals surface area contributed by atoms with E-state index in [0.29, 0.717) is 6.54 Å². The molecule has 0 amide bonds. The quantitative estimate of drug-likeness (QED) is 0.688. The standard InChI is InChI=1S/C18H21N3O2S/c1-3-15-8-16-17(20-11-21-18(16)24-15)19-9-13(22)10-23-14-6-4-5-12(2)7-14/h4-8,11,13,22H,3,9-10H2,1-2H3,(H,19,20,21). The van der Waals surface area contributed by atoms with Crippen LogP contribution in [0.15, 0.2) is 36.7 Å². The van der Waals surface area contributed by atoms with Crippen LogP contribution in [0.25, 0.3) is 10.2 Å². The number of benzene rings is 1. The molecule has 0 saturated carbocycles. The number of thiophene rings is 1. The summed E-state index contributed by atoms with van der Waals surface area (Å²) < 4.78 is 5.63. The number of hydrogen-bond donors (Lipinski definition) is 2. The molecular weight excluding hydrogens is 322 g/mol. The van der Waals surface area contributed by atoms with Gasteiger partial charge in [0.25, 0.3) is 0 Å². The summed E-state index contributed by atoms with van der Waals surface area (Å²) in [5.41, 5.74) is 1.13. The van der Waals surface area contributed by atoms with E-state index in [1.54, 1.807) is 17.7 Å². The predicted molar refractivity (Wildman–Crippen MR) is 98.0 cm³/mol. The van der Waals surface area contributed by atoms with E-state index in [1.807, 2.05) is 31.2 Å². The Morgan fingerprint density at radius 2 is 2.17 bits per heavy atom. The molecule has 0 bridgehead atoms. The molecule has 3 aromatic rings. The number of fused-ring (bicyclic) bond motifs is 1. The summed E-state index contributed by atoms with van der Waals surface area (Å²) in [6.45, 7) is 4.73. The van der Waals surface area contributed by atoms with Crippen molar-refractivity contribution in [2.24, 2.45) is 0 Å². The van der Waals surface area contributed by atoms with Gasteiger partial charge in [0.1, 0.15) is 35.4 Å². The lowest BCUT2D eigenvalue weighted by Gasteiger charge is -2.14. The molecule has 0 spiro atoms. The van der Waals surface area contributed by atoms with E-state index in [2.05, 4.69) is 28.3 Å². The molecule has 2 N–H and O–H groups in total. The van der Waals surface area contributed by atoms with Gasteiger partial charge in [0.15, 0.2) is 0 Å². The Kier molecular flexibility index (Phi) is 5.27. The molecule has 5 nitrogen and oxygen atoms in total. The lowest BCUT2D eigenvalue weighted by atomic mass is 10.2. The van der Waals surface area contributed by atoms with Crippen molar-refractivity contribution in [1.29, 1.82) is 0 Å². The second kappa shape index (κ2) is 7.59. The first-order chi connectivity index (χ1) is 11.7. The average molecular weight is 343 g/mol. The minimum Gasteiger partial charge on any atom is -0.491 e. The number of aromatic nitrogens is 2. The molecule has 0 fully saturated rings. The van der Waals surface area contributed by atoms with Gasteiger partial charge in [-0.1, -0.05) is 19.1 Å². The van der Waals surface area contributed by atoms with Gasteiger partial charge in [-0.05, 0) is 37.1 Å². The van der Waals surface area contributed by atoms with Gasteiger partial charge in [0.05, 0.1) is 5.39 Å². The number of hydrogen-bond acceptors (Lipinski definition) is 6. The van der Waals surface area contributed by atoms with Gasteiger partial charge in [0.2, 0.25) is 0 Å². The van der Waals surface area contributed by atoms with Crippen LogP contribution >= 0.6 is 11.3 Å². The van der Waals surface area contributed by atoms with E-state index in [4.69, 9.17) is 4.74 Å². The number of anilines is 1. The van der Waals surface area contributed by atoms with Crippen molar-refractivity contribution in [3.8, 4) is 5.75 Å². The van der Waals surface area contributed by atoms with Gasteiger partial charge in [-0.25, -0.2) is 9.97 Å². The first-order valence-electron chi connectivity index (χ1n) is 8.00. The monoisotopic (exact) mass is 343 g/mol. The van der Waals surface area contributed by atoms with Crippen LogP contribution < -0.4 is 10.1 Å². The van der Waals surface area contributed by atoms with Crippen LogP contribution in [0.5, 0.6) is 5.75 Å². The minimum absolute atomic E-state index is 0.231. The van der Waals surface area contributed by atoms with Gasteiger partial charge in [-0.15, -0.1) is 11.3 Å². The normalized spacial score (nSPS) is 12.3. The number of aryl methyl sites for hydroxylation is 2. The second-order valence-electron chi connectivity index (χ2n) is 5.67.